The molecule has 0 aliphatic carbocycles. The number of benzene rings is 1. The smallest absolute Gasteiger partial charge is 0.253 e. The van der Waals surface area contributed by atoms with E-state index in [1.165, 1.54) is 0 Å². The van der Waals surface area contributed by atoms with Crippen molar-refractivity contribution in [3.63, 3.8) is 0 Å². The van der Waals surface area contributed by atoms with E-state index in [1.54, 1.807) is 9.80 Å². The maximum Gasteiger partial charge on any atom is 0.253 e. The first-order valence-electron chi connectivity index (χ1n) is 7.77. The lowest BCUT2D eigenvalue weighted by Crippen LogP contribution is -2.56. The lowest BCUT2D eigenvalue weighted by atomic mass is 10.2. The zero-order chi connectivity index (χ0) is 16.2. The van der Waals surface area contributed by atoms with Crippen LogP contribution in [0.1, 0.15) is 5.56 Å². The summed E-state index contributed by atoms with van der Waals surface area (Å²) < 4.78 is 5.47. The minimum Gasteiger partial charge on any atom is -0.366 e. The van der Waals surface area contributed by atoms with Crippen LogP contribution in [0.4, 0.5) is 0 Å². The Balaban J connectivity index is 0.00000208. The molecule has 1 aromatic carbocycles. The molecule has 3 rings (SSSR count). The average Bonchev–Trinajstić information content (AvgIpc) is 2.59. The first-order valence-corrected chi connectivity index (χ1v) is 8.14. The van der Waals surface area contributed by atoms with E-state index >= 15 is 0 Å². The van der Waals surface area contributed by atoms with Crippen LogP contribution in [0.2, 0.25) is 5.02 Å². The van der Waals surface area contributed by atoms with Crippen LogP contribution in [0.25, 0.3) is 0 Å². The molecule has 6 nitrogen and oxygen atoms in total. The van der Waals surface area contributed by atoms with E-state index in [9.17, 15) is 9.59 Å². The molecule has 2 saturated heterocycles. The fourth-order valence-corrected chi connectivity index (χ4v) is 2.93. The molecule has 2 amide bonds. The van der Waals surface area contributed by atoms with Crippen molar-refractivity contribution in [2.75, 3.05) is 39.3 Å². The maximum absolute atomic E-state index is 12.4. The molecule has 0 aromatic heterocycles. The van der Waals surface area contributed by atoms with E-state index in [0.29, 0.717) is 37.8 Å². The summed E-state index contributed by atoms with van der Waals surface area (Å²) in [4.78, 5) is 28.1. The molecule has 2 aliphatic heterocycles. The van der Waals surface area contributed by atoms with Crippen LogP contribution in [0, 0.1) is 0 Å². The number of hydrogen-bond acceptors (Lipinski definition) is 4. The van der Waals surface area contributed by atoms with Gasteiger partial charge < -0.3 is 19.9 Å². The molecular weight excluding hydrogens is 353 g/mol. The summed E-state index contributed by atoms with van der Waals surface area (Å²) in [5.74, 6) is -0.139. The van der Waals surface area contributed by atoms with Crippen LogP contribution in [0.15, 0.2) is 24.3 Å². The molecule has 0 bridgehead atoms. The minimum absolute atomic E-state index is 0. The molecule has 1 unspecified atom stereocenters. The summed E-state index contributed by atoms with van der Waals surface area (Å²) in [5, 5.41) is 3.81. The Morgan fingerprint density at radius 1 is 1.29 bits per heavy atom. The van der Waals surface area contributed by atoms with E-state index in [2.05, 4.69) is 5.32 Å². The molecule has 1 N–H and O–H groups in total. The van der Waals surface area contributed by atoms with Crippen molar-refractivity contribution in [3.05, 3.63) is 34.9 Å². The lowest BCUT2D eigenvalue weighted by molar-refractivity contribution is -0.153. The molecule has 0 spiro atoms. The van der Waals surface area contributed by atoms with Gasteiger partial charge in [0, 0.05) is 37.7 Å². The van der Waals surface area contributed by atoms with E-state index in [0.717, 1.165) is 12.1 Å². The van der Waals surface area contributed by atoms with Crippen molar-refractivity contribution in [1.82, 2.24) is 15.1 Å². The number of rotatable bonds is 3. The summed E-state index contributed by atoms with van der Waals surface area (Å²) in [7, 11) is 0. The summed E-state index contributed by atoms with van der Waals surface area (Å²) in [6, 6.07) is 7.45. The van der Waals surface area contributed by atoms with Crippen molar-refractivity contribution in [2.24, 2.45) is 0 Å². The van der Waals surface area contributed by atoms with Crippen LogP contribution in [-0.4, -0.2) is 67.0 Å². The van der Waals surface area contributed by atoms with Gasteiger partial charge in [-0.05, 0) is 17.7 Å². The fourth-order valence-electron chi connectivity index (χ4n) is 2.80. The van der Waals surface area contributed by atoms with Crippen molar-refractivity contribution in [2.45, 2.75) is 12.6 Å². The Labute approximate surface area is 152 Å². The molecule has 1 atom stereocenters. The van der Waals surface area contributed by atoms with Crippen molar-refractivity contribution in [1.29, 1.82) is 0 Å². The van der Waals surface area contributed by atoms with Gasteiger partial charge >= 0.3 is 0 Å². The van der Waals surface area contributed by atoms with E-state index in [1.807, 2.05) is 24.3 Å². The van der Waals surface area contributed by atoms with Gasteiger partial charge in [0.1, 0.15) is 6.10 Å². The number of halogens is 2. The first kappa shape index (κ1) is 19.0. The van der Waals surface area contributed by atoms with Gasteiger partial charge in [-0.1, -0.05) is 23.7 Å². The van der Waals surface area contributed by atoms with E-state index in [4.69, 9.17) is 16.3 Å². The number of nitrogens with one attached hydrogen (secondary N) is 1. The predicted molar refractivity (Wildman–Crippen MR) is 93.3 cm³/mol. The second kappa shape index (κ2) is 8.67. The molecule has 8 heteroatoms. The van der Waals surface area contributed by atoms with Crippen LogP contribution >= 0.6 is 24.0 Å². The van der Waals surface area contributed by atoms with Gasteiger partial charge in [-0.2, -0.15) is 0 Å². The molecule has 2 heterocycles. The van der Waals surface area contributed by atoms with E-state index in [-0.39, 0.29) is 30.8 Å². The number of nitrogens with zero attached hydrogens (tertiary/aromatic N) is 2. The van der Waals surface area contributed by atoms with Crippen LogP contribution < -0.4 is 5.32 Å². The highest BCUT2D eigenvalue weighted by Gasteiger charge is 2.32. The number of amides is 2. The summed E-state index contributed by atoms with van der Waals surface area (Å²) in [6.45, 7) is 3.54. The second-order valence-electron chi connectivity index (χ2n) is 5.77. The Morgan fingerprint density at radius 2 is 2.04 bits per heavy atom. The molecule has 2 aliphatic rings. The molecular formula is C16H21Cl2N3O3. The molecule has 0 radical (unpaired) electrons. The number of carbonyl (C=O) groups is 2. The van der Waals surface area contributed by atoms with Gasteiger partial charge in [0.05, 0.1) is 13.2 Å². The monoisotopic (exact) mass is 373 g/mol. The third-order valence-electron chi connectivity index (χ3n) is 4.12. The van der Waals surface area contributed by atoms with Gasteiger partial charge in [0.2, 0.25) is 5.91 Å². The minimum atomic E-state index is -0.473. The van der Waals surface area contributed by atoms with Crippen molar-refractivity contribution in [3.8, 4) is 0 Å². The second-order valence-corrected chi connectivity index (χ2v) is 6.20. The molecule has 1 aromatic rings. The Hall–Kier alpha value is -1.34. The summed E-state index contributed by atoms with van der Waals surface area (Å²) >= 11 is 5.87. The largest absolute Gasteiger partial charge is 0.366 e. The number of ether oxygens (including phenoxy) is 1. The standard InChI is InChI=1S/C16H20ClN3O3.ClH/c17-13-3-1-12(2-4-13)10-19-6-7-20(11-15(19)21)16(22)14-9-18-5-8-23-14;/h1-4,14,18H,5-11H2;1H. The zero-order valence-corrected chi connectivity index (χ0v) is 14.8. The quantitative estimate of drug-likeness (QED) is 0.855. The number of piperazine rings is 1. The number of hydrogen-bond donors (Lipinski definition) is 1. The van der Waals surface area contributed by atoms with Crippen molar-refractivity contribution < 1.29 is 14.3 Å². The molecule has 2 fully saturated rings. The normalized spacial score (nSPS) is 21.4. The molecule has 24 heavy (non-hydrogen) atoms. The van der Waals surface area contributed by atoms with Gasteiger partial charge in [0.15, 0.2) is 0 Å². The van der Waals surface area contributed by atoms with Crippen LogP contribution in [-0.2, 0) is 20.9 Å². The third kappa shape index (κ3) is 4.60. The number of morpholine rings is 1. The van der Waals surface area contributed by atoms with Gasteiger partial charge in [-0.15, -0.1) is 12.4 Å². The first-order chi connectivity index (χ1) is 11.1. The van der Waals surface area contributed by atoms with E-state index < -0.39 is 6.10 Å². The molecule has 0 saturated carbocycles. The highest BCUT2D eigenvalue weighted by molar-refractivity contribution is 6.30. The van der Waals surface area contributed by atoms with Crippen LogP contribution in [0.3, 0.4) is 0 Å². The fraction of sp³-hybridized carbons (Fsp3) is 0.500. The SMILES string of the molecule is Cl.O=C1CN(C(=O)C2CNCCO2)CCN1Cc1ccc(Cl)cc1. The van der Waals surface area contributed by atoms with Gasteiger partial charge in [0.25, 0.3) is 5.91 Å². The highest BCUT2D eigenvalue weighted by Crippen LogP contribution is 2.14. The zero-order valence-electron chi connectivity index (χ0n) is 13.2. The number of carbonyl (C=O) groups excluding carboxylic acids is 2. The summed E-state index contributed by atoms with van der Waals surface area (Å²) in [6.07, 6.45) is -0.473. The van der Waals surface area contributed by atoms with Gasteiger partial charge in [-0.3, -0.25) is 9.59 Å². The van der Waals surface area contributed by atoms with Gasteiger partial charge in [-0.25, -0.2) is 0 Å². The Bertz CT molecular complexity index is 576. The topological polar surface area (TPSA) is 61.9 Å². The highest BCUT2D eigenvalue weighted by atomic mass is 35.5. The average molecular weight is 374 g/mol. The predicted octanol–water partition coefficient (Wildman–Crippen LogP) is 0.921. The Kier molecular flexibility index (Phi) is 6.86. The Morgan fingerprint density at radius 3 is 2.67 bits per heavy atom. The van der Waals surface area contributed by atoms with Crippen LogP contribution in [0.5, 0.6) is 0 Å². The summed E-state index contributed by atoms with van der Waals surface area (Å²) in [5.41, 5.74) is 1.03. The van der Waals surface area contributed by atoms with Crippen molar-refractivity contribution >= 4 is 35.8 Å². The third-order valence-corrected chi connectivity index (χ3v) is 4.37. The molecule has 132 valence electrons. The maximum atomic E-state index is 12.4. The lowest BCUT2D eigenvalue weighted by Gasteiger charge is -2.36.